The Kier molecular flexibility index (Phi) is 4.52. The Balaban J connectivity index is 2.56. The van der Waals surface area contributed by atoms with Crippen molar-refractivity contribution in [2.45, 2.75) is 36.7 Å². The zero-order chi connectivity index (χ0) is 16.5. The van der Waals surface area contributed by atoms with E-state index in [1.165, 1.54) is 12.1 Å². The summed E-state index contributed by atoms with van der Waals surface area (Å²) in [6, 6.07) is 7.89. The molecule has 1 saturated heterocycles. The molecule has 0 aliphatic carbocycles. The molecule has 2 rings (SSSR count). The zero-order valence-corrected chi connectivity index (χ0v) is 12.0. The van der Waals surface area contributed by atoms with Crippen LogP contribution >= 0.6 is 0 Å². The number of aliphatic hydroxyl groups is 4. The van der Waals surface area contributed by atoms with Crippen LogP contribution in [0, 0.1) is 0 Å². The van der Waals surface area contributed by atoms with E-state index in [1.54, 1.807) is 18.2 Å². The first-order valence-corrected chi connectivity index (χ1v) is 6.76. The monoisotopic (exact) mass is 312 g/mol. The molecule has 7 N–H and O–H groups in total. The standard InChI is InChI=1S/C14H20N2O6/c1-8(18)16-13(15)12(20)11(19)10(7-17)22-14(13,21)9-5-3-2-4-6-9/h2-6,10-12,17,19-21H,7,15H2,1H3,(H,16,18)/t10-,11-,12+,13-,14?/m1/s1. The fraction of sp³-hybridized carbons (Fsp3) is 0.500. The van der Waals surface area contributed by atoms with Crippen LogP contribution < -0.4 is 11.1 Å². The second-order valence-electron chi connectivity index (χ2n) is 5.33. The van der Waals surface area contributed by atoms with Crippen molar-refractivity contribution in [1.29, 1.82) is 0 Å². The van der Waals surface area contributed by atoms with Crippen molar-refractivity contribution >= 4 is 5.91 Å². The maximum atomic E-state index is 11.4. The Morgan fingerprint density at radius 1 is 1.36 bits per heavy atom. The van der Waals surface area contributed by atoms with Crippen LogP contribution in [0.4, 0.5) is 0 Å². The zero-order valence-electron chi connectivity index (χ0n) is 12.0. The van der Waals surface area contributed by atoms with E-state index in [0.29, 0.717) is 0 Å². The van der Waals surface area contributed by atoms with Gasteiger partial charge in [0.1, 0.15) is 18.3 Å². The van der Waals surface area contributed by atoms with Crippen LogP contribution in [0.1, 0.15) is 12.5 Å². The smallest absolute Gasteiger partial charge is 0.233 e. The molecule has 0 saturated carbocycles. The molecule has 0 spiro atoms. The lowest BCUT2D eigenvalue weighted by Crippen LogP contribution is -2.81. The molecule has 8 nitrogen and oxygen atoms in total. The summed E-state index contributed by atoms with van der Waals surface area (Å²) in [7, 11) is 0. The number of aliphatic hydroxyl groups excluding tert-OH is 3. The fourth-order valence-corrected chi connectivity index (χ4v) is 2.63. The second-order valence-corrected chi connectivity index (χ2v) is 5.33. The molecule has 0 radical (unpaired) electrons. The molecule has 1 aromatic rings. The number of benzene rings is 1. The molecular weight excluding hydrogens is 292 g/mol. The van der Waals surface area contributed by atoms with Gasteiger partial charge in [0.15, 0.2) is 5.66 Å². The normalized spacial score (nSPS) is 38.5. The highest BCUT2D eigenvalue weighted by Gasteiger charge is 2.63. The van der Waals surface area contributed by atoms with Crippen molar-refractivity contribution in [1.82, 2.24) is 5.32 Å². The van der Waals surface area contributed by atoms with Crippen molar-refractivity contribution in [3.63, 3.8) is 0 Å². The van der Waals surface area contributed by atoms with E-state index in [1.807, 2.05) is 0 Å². The summed E-state index contributed by atoms with van der Waals surface area (Å²) < 4.78 is 5.36. The summed E-state index contributed by atoms with van der Waals surface area (Å²) in [5, 5.41) is 42.8. The minimum atomic E-state index is -2.34. The number of amides is 1. The molecule has 0 bridgehead atoms. The average Bonchev–Trinajstić information content (AvgIpc) is 2.49. The Labute approximate surface area is 127 Å². The van der Waals surface area contributed by atoms with Crippen LogP contribution in [-0.4, -0.2) is 56.9 Å². The minimum absolute atomic E-state index is 0.163. The van der Waals surface area contributed by atoms with E-state index in [2.05, 4.69) is 5.32 Å². The molecule has 1 aliphatic rings. The lowest BCUT2D eigenvalue weighted by atomic mass is 9.80. The van der Waals surface area contributed by atoms with Gasteiger partial charge in [0.2, 0.25) is 11.7 Å². The molecule has 1 unspecified atom stereocenters. The van der Waals surface area contributed by atoms with E-state index in [4.69, 9.17) is 10.5 Å². The average molecular weight is 312 g/mol. The minimum Gasteiger partial charge on any atom is -0.394 e. The summed E-state index contributed by atoms with van der Waals surface area (Å²) in [5.41, 5.74) is 3.98. The first kappa shape index (κ1) is 16.8. The predicted octanol–water partition coefficient (Wildman–Crippen LogP) is -2.26. The summed E-state index contributed by atoms with van der Waals surface area (Å²) in [6.45, 7) is 0.501. The Bertz CT molecular complexity index is 541. The van der Waals surface area contributed by atoms with Crippen LogP contribution in [-0.2, 0) is 15.3 Å². The quantitative estimate of drug-likeness (QED) is 0.345. The molecule has 0 aromatic heterocycles. The van der Waals surface area contributed by atoms with Crippen LogP contribution in [0.25, 0.3) is 0 Å². The number of rotatable bonds is 3. The molecule has 5 atom stereocenters. The van der Waals surface area contributed by atoms with Gasteiger partial charge in [-0.15, -0.1) is 0 Å². The van der Waals surface area contributed by atoms with Crippen molar-refractivity contribution in [3.8, 4) is 0 Å². The van der Waals surface area contributed by atoms with E-state index in [-0.39, 0.29) is 5.56 Å². The summed E-state index contributed by atoms with van der Waals surface area (Å²) in [6.07, 6.45) is -4.64. The number of nitrogens with one attached hydrogen (secondary N) is 1. The molecule has 22 heavy (non-hydrogen) atoms. The van der Waals surface area contributed by atoms with Crippen LogP contribution in [0.3, 0.4) is 0 Å². The largest absolute Gasteiger partial charge is 0.394 e. The Morgan fingerprint density at radius 2 is 1.95 bits per heavy atom. The van der Waals surface area contributed by atoms with Gasteiger partial charge in [-0.1, -0.05) is 30.3 Å². The van der Waals surface area contributed by atoms with Crippen molar-refractivity contribution in [3.05, 3.63) is 35.9 Å². The third-order valence-electron chi connectivity index (χ3n) is 3.78. The topological polar surface area (TPSA) is 145 Å². The van der Waals surface area contributed by atoms with E-state index < -0.39 is 42.3 Å². The van der Waals surface area contributed by atoms with Crippen LogP contribution in [0.2, 0.25) is 0 Å². The summed E-state index contributed by atoms with van der Waals surface area (Å²) in [5.74, 6) is -2.97. The van der Waals surface area contributed by atoms with Crippen molar-refractivity contribution < 1.29 is 30.0 Å². The van der Waals surface area contributed by atoms with E-state index in [9.17, 15) is 25.2 Å². The van der Waals surface area contributed by atoms with Crippen molar-refractivity contribution in [2.24, 2.45) is 5.73 Å². The number of carbonyl (C=O) groups excluding carboxylic acids is 1. The Hall–Kier alpha value is -1.55. The third-order valence-corrected chi connectivity index (χ3v) is 3.78. The first-order valence-electron chi connectivity index (χ1n) is 6.76. The number of ether oxygens (including phenoxy) is 1. The lowest BCUT2D eigenvalue weighted by Gasteiger charge is -2.53. The highest BCUT2D eigenvalue weighted by atomic mass is 16.7. The van der Waals surface area contributed by atoms with Crippen LogP contribution in [0.15, 0.2) is 30.3 Å². The van der Waals surface area contributed by atoms with Gasteiger partial charge in [-0.05, 0) is 0 Å². The van der Waals surface area contributed by atoms with E-state index >= 15 is 0 Å². The molecule has 8 heteroatoms. The molecule has 1 heterocycles. The first-order chi connectivity index (χ1) is 10.3. The SMILES string of the molecule is CC(=O)N[C@]1(N)[C@@H](O)[C@H](O)[C@@H](CO)OC1(O)c1ccccc1. The molecule has 1 aliphatic heterocycles. The summed E-state index contributed by atoms with van der Waals surface area (Å²) >= 11 is 0. The Morgan fingerprint density at radius 3 is 2.45 bits per heavy atom. The van der Waals surface area contributed by atoms with Gasteiger partial charge >= 0.3 is 0 Å². The molecule has 1 aromatic carbocycles. The van der Waals surface area contributed by atoms with Gasteiger partial charge in [-0.2, -0.15) is 0 Å². The molecular formula is C14H20N2O6. The van der Waals surface area contributed by atoms with Gasteiger partial charge in [0.05, 0.1) is 6.61 Å². The number of hydrogen-bond donors (Lipinski definition) is 6. The van der Waals surface area contributed by atoms with Gasteiger partial charge in [0, 0.05) is 12.5 Å². The molecule has 122 valence electrons. The number of nitrogens with two attached hydrogens (primary N) is 1. The maximum absolute atomic E-state index is 11.4. The molecule has 1 amide bonds. The number of carbonyl (C=O) groups is 1. The second kappa shape index (κ2) is 5.92. The van der Waals surface area contributed by atoms with Gasteiger partial charge in [-0.3, -0.25) is 4.79 Å². The summed E-state index contributed by atoms with van der Waals surface area (Å²) in [4.78, 5) is 11.4. The highest BCUT2D eigenvalue weighted by molar-refractivity contribution is 5.74. The van der Waals surface area contributed by atoms with Gasteiger partial charge in [-0.25, -0.2) is 0 Å². The number of hydrogen-bond acceptors (Lipinski definition) is 7. The predicted molar refractivity (Wildman–Crippen MR) is 75.0 cm³/mol. The lowest BCUT2D eigenvalue weighted by molar-refractivity contribution is -0.355. The molecule has 1 fully saturated rings. The van der Waals surface area contributed by atoms with E-state index in [0.717, 1.165) is 6.92 Å². The fourth-order valence-electron chi connectivity index (χ4n) is 2.63. The third kappa shape index (κ3) is 2.50. The van der Waals surface area contributed by atoms with Crippen molar-refractivity contribution in [2.75, 3.05) is 6.61 Å². The highest BCUT2D eigenvalue weighted by Crippen LogP contribution is 2.40. The van der Waals surface area contributed by atoms with Crippen LogP contribution in [0.5, 0.6) is 0 Å². The van der Waals surface area contributed by atoms with Gasteiger partial charge < -0.3 is 36.2 Å². The maximum Gasteiger partial charge on any atom is 0.233 e. The van der Waals surface area contributed by atoms with Gasteiger partial charge in [0.25, 0.3) is 0 Å².